The molecule has 3 heterocycles. The van der Waals surface area contributed by atoms with Crippen molar-refractivity contribution in [2.45, 2.75) is 45.4 Å². The number of aromatic amines is 1. The monoisotopic (exact) mass is 409 g/mol. The van der Waals surface area contributed by atoms with Gasteiger partial charge in [0.05, 0.1) is 11.8 Å². The van der Waals surface area contributed by atoms with Gasteiger partial charge >= 0.3 is 0 Å². The molecule has 1 aliphatic heterocycles. The summed E-state index contributed by atoms with van der Waals surface area (Å²) in [6, 6.07) is 10.1. The first-order valence-electron chi connectivity index (χ1n) is 10.6. The van der Waals surface area contributed by atoms with E-state index in [4.69, 9.17) is 9.47 Å². The van der Waals surface area contributed by atoms with Crippen molar-refractivity contribution in [1.82, 2.24) is 14.9 Å². The number of likely N-dealkylation sites (N-methyl/N-ethyl adjacent to an activating group) is 1. The van der Waals surface area contributed by atoms with Gasteiger partial charge < -0.3 is 19.6 Å². The molecule has 4 rings (SSSR count). The molecule has 0 radical (unpaired) electrons. The summed E-state index contributed by atoms with van der Waals surface area (Å²) in [6.07, 6.45) is 3.43. The topological polar surface area (TPSA) is 70.6 Å². The molecule has 3 aromatic rings. The number of benzene rings is 1. The summed E-state index contributed by atoms with van der Waals surface area (Å²) >= 11 is 0. The second-order valence-corrected chi connectivity index (χ2v) is 8.35. The van der Waals surface area contributed by atoms with Crippen LogP contribution in [0.1, 0.15) is 41.3 Å². The maximum atomic E-state index is 10.5. The summed E-state index contributed by atoms with van der Waals surface area (Å²) in [5.41, 5.74) is 5.51. The zero-order valence-corrected chi connectivity index (χ0v) is 18.0. The predicted molar refractivity (Wildman–Crippen MR) is 118 cm³/mol. The molecular formula is C24H31N3O3. The molecule has 0 saturated carbocycles. The Balaban J connectivity index is 1.41. The average Bonchev–Trinajstić information content (AvgIpc) is 3.35. The predicted octanol–water partition coefficient (Wildman–Crippen LogP) is 3.90. The van der Waals surface area contributed by atoms with Crippen LogP contribution in [-0.2, 0) is 11.3 Å². The number of H-pyrrole nitrogens is 1. The third-order valence-corrected chi connectivity index (χ3v) is 5.67. The van der Waals surface area contributed by atoms with Crippen LogP contribution in [0.3, 0.4) is 0 Å². The minimum Gasteiger partial charge on any atom is -0.491 e. The number of fused-ring (bicyclic) bond motifs is 1. The lowest BCUT2D eigenvalue weighted by Crippen LogP contribution is -2.33. The molecule has 30 heavy (non-hydrogen) atoms. The van der Waals surface area contributed by atoms with E-state index in [9.17, 15) is 5.11 Å². The number of ether oxygens (including phenoxy) is 2. The largest absolute Gasteiger partial charge is 0.491 e. The van der Waals surface area contributed by atoms with Crippen molar-refractivity contribution in [3.05, 3.63) is 58.9 Å². The number of aliphatic hydroxyl groups excluding tert-OH is 1. The number of hydrogen-bond acceptors (Lipinski definition) is 5. The Hall–Kier alpha value is -2.41. The molecule has 1 aromatic carbocycles. The highest BCUT2D eigenvalue weighted by atomic mass is 16.5. The number of aliphatic hydroxyl groups is 1. The summed E-state index contributed by atoms with van der Waals surface area (Å²) in [7, 11) is 2.02. The molecule has 1 aliphatic rings. The summed E-state index contributed by atoms with van der Waals surface area (Å²) in [5.74, 6) is 0.825. The summed E-state index contributed by atoms with van der Waals surface area (Å²) in [6.45, 7) is 6.38. The first-order valence-corrected chi connectivity index (χ1v) is 10.6. The van der Waals surface area contributed by atoms with Gasteiger partial charge in [-0.15, -0.1) is 0 Å². The van der Waals surface area contributed by atoms with Gasteiger partial charge in [0.15, 0.2) is 0 Å². The van der Waals surface area contributed by atoms with E-state index in [0.717, 1.165) is 47.5 Å². The molecular weight excluding hydrogens is 378 g/mol. The minimum atomic E-state index is -0.579. The van der Waals surface area contributed by atoms with E-state index in [2.05, 4.69) is 33.9 Å². The van der Waals surface area contributed by atoms with Crippen LogP contribution in [0.4, 0.5) is 0 Å². The van der Waals surface area contributed by atoms with Crippen LogP contribution >= 0.6 is 0 Å². The molecule has 0 aliphatic carbocycles. The standard InChI is InChI=1S/C24H31N3O3/c1-16-8-9-21(17(2)12-16)30-15-18(28)13-27(3)14-20-19-6-4-10-25-24(19)26-23(20)22-7-5-11-29-22/h4,6,8-10,12,18,22,28H,5,7,11,13-15H2,1-3H3,(H,25,26)/t18?,22-/m0/s1. The number of aromatic nitrogens is 2. The van der Waals surface area contributed by atoms with Crippen molar-refractivity contribution >= 4 is 11.0 Å². The van der Waals surface area contributed by atoms with E-state index in [1.165, 1.54) is 11.1 Å². The van der Waals surface area contributed by atoms with Crippen molar-refractivity contribution in [2.24, 2.45) is 0 Å². The Kier molecular flexibility index (Phi) is 6.37. The van der Waals surface area contributed by atoms with Crippen LogP contribution in [0.25, 0.3) is 11.0 Å². The second kappa shape index (κ2) is 9.16. The molecule has 1 fully saturated rings. The Bertz CT molecular complexity index is 995. The highest BCUT2D eigenvalue weighted by molar-refractivity contribution is 5.81. The van der Waals surface area contributed by atoms with Gasteiger partial charge in [0.25, 0.3) is 0 Å². The molecule has 160 valence electrons. The van der Waals surface area contributed by atoms with E-state index in [1.807, 2.05) is 32.2 Å². The third kappa shape index (κ3) is 4.67. The highest BCUT2D eigenvalue weighted by Gasteiger charge is 2.25. The molecule has 1 saturated heterocycles. The summed E-state index contributed by atoms with van der Waals surface area (Å²) in [4.78, 5) is 10.1. The zero-order chi connectivity index (χ0) is 21.1. The Morgan fingerprint density at radius 2 is 2.20 bits per heavy atom. The van der Waals surface area contributed by atoms with Crippen molar-refractivity contribution in [2.75, 3.05) is 26.8 Å². The van der Waals surface area contributed by atoms with Crippen LogP contribution in [0.5, 0.6) is 5.75 Å². The smallest absolute Gasteiger partial charge is 0.137 e. The van der Waals surface area contributed by atoms with E-state index >= 15 is 0 Å². The van der Waals surface area contributed by atoms with Gasteiger partial charge in [-0.1, -0.05) is 17.7 Å². The van der Waals surface area contributed by atoms with Crippen LogP contribution in [-0.4, -0.2) is 52.9 Å². The van der Waals surface area contributed by atoms with Gasteiger partial charge in [-0.2, -0.15) is 0 Å². The van der Waals surface area contributed by atoms with Crippen molar-refractivity contribution in [3.8, 4) is 5.75 Å². The molecule has 2 atom stereocenters. The first kappa shape index (κ1) is 20.8. The molecule has 6 nitrogen and oxygen atoms in total. The number of nitrogens with zero attached hydrogens (tertiary/aromatic N) is 2. The van der Waals surface area contributed by atoms with Gasteiger partial charge in [0.1, 0.15) is 24.1 Å². The molecule has 2 aromatic heterocycles. The van der Waals surface area contributed by atoms with Gasteiger partial charge in [-0.05, 0) is 63.1 Å². The van der Waals surface area contributed by atoms with E-state index in [0.29, 0.717) is 13.1 Å². The number of rotatable bonds is 8. The van der Waals surface area contributed by atoms with E-state index in [-0.39, 0.29) is 12.7 Å². The van der Waals surface area contributed by atoms with Crippen LogP contribution in [0.15, 0.2) is 36.5 Å². The SMILES string of the molecule is Cc1ccc(OCC(O)CN(C)Cc2c([C@@H]3CCCO3)[nH]c3ncccc23)c(C)c1. The molecule has 0 bridgehead atoms. The van der Waals surface area contributed by atoms with Gasteiger partial charge in [-0.25, -0.2) is 4.98 Å². The lowest BCUT2D eigenvalue weighted by Gasteiger charge is -2.22. The van der Waals surface area contributed by atoms with Crippen LogP contribution in [0, 0.1) is 13.8 Å². The Morgan fingerprint density at radius 3 is 2.97 bits per heavy atom. The number of aryl methyl sites for hydroxylation is 2. The van der Waals surface area contributed by atoms with Gasteiger partial charge in [0.2, 0.25) is 0 Å². The highest BCUT2D eigenvalue weighted by Crippen LogP contribution is 2.34. The summed E-state index contributed by atoms with van der Waals surface area (Å²) < 4.78 is 11.8. The van der Waals surface area contributed by atoms with Crippen LogP contribution < -0.4 is 4.74 Å². The van der Waals surface area contributed by atoms with Crippen molar-refractivity contribution in [3.63, 3.8) is 0 Å². The van der Waals surface area contributed by atoms with E-state index in [1.54, 1.807) is 6.20 Å². The average molecular weight is 410 g/mol. The third-order valence-electron chi connectivity index (χ3n) is 5.67. The van der Waals surface area contributed by atoms with Crippen LogP contribution in [0.2, 0.25) is 0 Å². The second-order valence-electron chi connectivity index (χ2n) is 8.35. The molecule has 0 amide bonds. The van der Waals surface area contributed by atoms with E-state index < -0.39 is 6.10 Å². The number of pyridine rings is 1. The lowest BCUT2D eigenvalue weighted by molar-refractivity contribution is 0.0733. The first-order chi connectivity index (χ1) is 14.5. The number of nitrogens with one attached hydrogen (secondary N) is 1. The number of hydrogen-bond donors (Lipinski definition) is 2. The Labute approximate surface area is 177 Å². The van der Waals surface area contributed by atoms with Gasteiger partial charge in [0, 0.05) is 31.3 Å². The normalized spacial score (nSPS) is 17.7. The van der Waals surface area contributed by atoms with Crippen molar-refractivity contribution in [1.29, 1.82) is 0 Å². The minimum absolute atomic E-state index is 0.0976. The van der Waals surface area contributed by atoms with Gasteiger partial charge in [-0.3, -0.25) is 4.90 Å². The maximum absolute atomic E-state index is 10.5. The Morgan fingerprint density at radius 1 is 1.33 bits per heavy atom. The maximum Gasteiger partial charge on any atom is 0.137 e. The summed E-state index contributed by atoms with van der Waals surface area (Å²) in [5, 5.41) is 11.7. The molecule has 0 spiro atoms. The van der Waals surface area contributed by atoms with Crippen molar-refractivity contribution < 1.29 is 14.6 Å². The fraction of sp³-hybridized carbons (Fsp3) is 0.458. The fourth-order valence-electron chi connectivity index (χ4n) is 4.24. The fourth-order valence-corrected chi connectivity index (χ4v) is 4.24. The zero-order valence-electron chi connectivity index (χ0n) is 18.0. The molecule has 1 unspecified atom stereocenters. The quantitative estimate of drug-likeness (QED) is 0.590. The molecule has 6 heteroatoms. The lowest BCUT2D eigenvalue weighted by atomic mass is 10.1. The molecule has 2 N–H and O–H groups in total.